The van der Waals surface area contributed by atoms with Crippen LogP contribution in [0, 0.1) is 0 Å². The number of carbonyl (C=O) groups excluding carboxylic acids is 2. The number of benzene rings is 2. The minimum atomic E-state index is -1.11. The van der Waals surface area contributed by atoms with Crippen molar-refractivity contribution in [1.29, 1.82) is 0 Å². The molecule has 0 radical (unpaired) electrons. The molecule has 160 valence electrons. The van der Waals surface area contributed by atoms with Gasteiger partial charge in [-0.25, -0.2) is 14.6 Å². The minimum Gasteiger partial charge on any atom is -0.480 e. The first-order valence-corrected chi connectivity index (χ1v) is 10.1. The summed E-state index contributed by atoms with van der Waals surface area (Å²) in [6, 6.07) is 11.3. The van der Waals surface area contributed by atoms with Gasteiger partial charge in [0, 0.05) is 7.05 Å². The van der Waals surface area contributed by atoms with E-state index in [1.807, 2.05) is 0 Å². The Morgan fingerprint density at radius 3 is 2.55 bits per heavy atom. The molecule has 0 atom stereocenters. The Bertz CT molecular complexity index is 1100. The molecule has 1 saturated heterocycles. The van der Waals surface area contributed by atoms with E-state index < -0.39 is 18.5 Å². The largest absolute Gasteiger partial charge is 0.480 e. The third-order valence-corrected chi connectivity index (χ3v) is 5.48. The first-order valence-electron chi connectivity index (χ1n) is 8.87. The van der Waals surface area contributed by atoms with Gasteiger partial charge in [-0.3, -0.25) is 9.69 Å². The van der Waals surface area contributed by atoms with Crippen molar-refractivity contribution in [1.82, 2.24) is 4.90 Å². The first-order chi connectivity index (χ1) is 14.8. The fourth-order valence-electron chi connectivity index (χ4n) is 2.57. The van der Waals surface area contributed by atoms with Gasteiger partial charge in [-0.05, 0) is 59.8 Å². The normalized spacial score (nSPS) is 16.1. The highest BCUT2D eigenvalue weighted by atomic mass is 35.5. The molecule has 8 nitrogen and oxygen atoms in total. The number of aliphatic carboxylic acids is 1. The molecule has 0 aliphatic carbocycles. The lowest BCUT2D eigenvalue weighted by atomic mass is 10.2. The molecular formula is C21H17ClN2O6S. The fourth-order valence-corrected chi connectivity index (χ4v) is 3.80. The van der Waals surface area contributed by atoms with Crippen LogP contribution in [-0.4, -0.2) is 53.8 Å². The predicted molar refractivity (Wildman–Crippen MR) is 118 cm³/mol. The van der Waals surface area contributed by atoms with Gasteiger partial charge in [0.1, 0.15) is 5.75 Å². The van der Waals surface area contributed by atoms with E-state index in [1.165, 1.54) is 23.8 Å². The maximum atomic E-state index is 12.6. The number of rotatable bonds is 6. The van der Waals surface area contributed by atoms with E-state index in [2.05, 4.69) is 9.73 Å². The summed E-state index contributed by atoms with van der Waals surface area (Å²) < 4.78 is 9.76. The molecule has 0 spiro atoms. The number of methoxy groups -OCH3 is 1. The predicted octanol–water partition coefficient (Wildman–Crippen LogP) is 3.82. The van der Waals surface area contributed by atoms with Gasteiger partial charge in [-0.1, -0.05) is 17.7 Å². The summed E-state index contributed by atoms with van der Waals surface area (Å²) in [5.41, 5.74) is 1.64. The molecular weight excluding hydrogens is 444 g/mol. The average molecular weight is 461 g/mol. The van der Waals surface area contributed by atoms with Gasteiger partial charge in [0.25, 0.3) is 5.91 Å². The van der Waals surface area contributed by atoms with Gasteiger partial charge in [0.05, 0.1) is 28.3 Å². The number of hydrogen-bond donors (Lipinski definition) is 1. The molecule has 0 aromatic heterocycles. The number of thioether (sulfide) groups is 1. The van der Waals surface area contributed by atoms with Crippen LogP contribution in [0.3, 0.4) is 0 Å². The summed E-state index contributed by atoms with van der Waals surface area (Å²) in [7, 11) is 2.93. The molecule has 10 heteroatoms. The Morgan fingerprint density at radius 2 is 1.94 bits per heavy atom. The number of ether oxygens (including phenoxy) is 2. The molecule has 1 heterocycles. The molecule has 0 saturated carbocycles. The van der Waals surface area contributed by atoms with E-state index in [0.717, 1.165) is 0 Å². The Labute approximate surface area is 187 Å². The van der Waals surface area contributed by atoms with Gasteiger partial charge in [-0.2, -0.15) is 0 Å². The second-order valence-electron chi connectivity index (χ2n) is 6.28. The number of aliphatic imine (C=N–C) groups is 1. The SMILES string of the molecule is COC(=O)c1ccc(N=C2SC(=Cc3ccc(OCC(=O)O)c(Cl)c3)C(=O)N2C)cc1. The lowest BCUT2D eigenvalue weighted by molar-refractivity contribution is -0.139. The van der Waals surface area contributed by atoms with Crippen LogP contribution in [0.15, 0.2) is 52.4 Å². The number of amides is 1. The zero-order chi connectivity index (χ0) is 22.5. The topological polar surface area (TPSA) is 106 Å². The van der Waals surface area contributed by atoms with Crippen molar-refractivity contribution in [2.75, 3.05) is 20.8 Å². The van der Waals surface area contributed by atoms with E-state index in [0.29, 0.717) is 26.9 Å². The number of carboxylic acids is 1. The van der Waals surface area contributed by atoms with Gasteiger partial charge < -0.3 is 14.6 Å². The Balaban J connectivity index is 1.78. The molecule has 0 bridgehead atoms. The summed E-state index contributed by atoms with van der Waals surface area (Å²) >= 11 is 7.34. The van der Waals surface area contributed by atoms with Crippen molar-refractivity contribution in [3.05, 3.63) is 63.5 Å². The van der Waals surface area contributed by atoms with E-state index in [1.54, 1.807) is 55.6 Å². The second-order valence-corrected chi connectivity index (χ2v) is 7.70. The molecule has 2 aromatic carbocycles. The Kier molecular flexibility index (Phi) is 6.98. The van der Waals surface area contributed by atoms with E-state index in [-0.39, 0.29) is 16.7 Å². The fraction of sp³-hybridized carbons (Fsp3) is 0.143. The van der Waals surface area contributed by atoms with Crippen LogP contribution in [0.1, 0.15) is 15.9 Å². The molecule has 0 unspecified atom stereocenters. The summed E-state index contributed by atoms with van der Waals surface area (Å²) in [5, 5.41) is 9.41. The quantitative estimate of drug-likeness (QED) is 0.516. The maximum Gasteiger partial charge on any atom is 0.341 e. The summed E-state index contributed by atoms with van der Waals surface area (Å²) in [5.74, 6) is -1.53. The lowest BCUT2D eigenvalue weighted by Gasteiger charge is -2.07. The number of carbonyl (C=O) groups is 3. The van der Waals surface area contributed by atoms with Gasteiger partial charge in [0.15, 0.2) is 11.8 Å². The number of carboxylic acid groups (broad SMARTS) is 1. The standard InChI is InChI=1S/C21H17ClN2O6S/c1-24-19(27)17(10-12-3-8-16(15(22)9-12)30-11-18(25)26)31-21(24)23-14-6-4-13(5-7-14)20(28)29-2/h3-10H,11H2,1-2H3,(H,25,26). The van der Waals surface area contributed by atoms with Crippen LogP contribution in [0.2, 0.25) is 5.02 Å². The van der Waals surface area contributed by atoms with Crippen molar-refractivity contribution >= 4 is 58.1 Å². The molecule has 1 N–H and O–H groups in total. The number of nitrogens with zero attached hydrogens (tertiary/aromatic N) is 2. The van der Waals surface area contributed by atoms with Crippen LogP contribution < -0.4 is 4.74 Å². The van der Waals surface area contributed by atoms with Crippen molar-refractivity contribution < 1.29 is 29.0 Å². The number of likely N-dealkylation sites (N-methyl/N-ethyl adjacent to an activating group) is 1. The first kappa shape index (κ1) is 22.4. The van der Waals surface area contributed by atoms with Crippen LogP contribution >= 0.6 is 23.4 Å². The highest BCUT2D eigenvalue weighted by molar-refractivity contribution is 8.18. The Hall–Kier alpha value is -3.30. The smallest absolute Gasteiger partial charge is 0.341 e. The number of halogens is 1. The summed E-state index contributed by atoms with van der Waals surface area (Å²) in [4.78, 5) is 41.1. The maximum absolute atomic E-state index is 12.6. The highest BCUT2D eigenvalue weighted by Gasteiger charge is 2.30. The van der Waals surface area contributed by atoms with Crippen LogP contribution in [-0.2, 0) is 14.3 Å². The summed E-state index contributed by atoms with van der Waals surface area (Å²) in [6.07, 6.45) is 1.67. The highest BCUT2D eigenvalue weighted by Crippen LogP contribution is 2.34. The van der Waals surface area contributed by atoms with Gasteiger partial charge in [-0.15, -0.1) is 0 Å². The molecule has 1 fully saturated rings. The minimum absolute atomic E-state index is 0.225. The second kappa shape index (κ2) is 9.67. The zero-order valence-corrected chi connectivity index (χ0v) is 18.1. The third-order valence-electron chi connectivity index (χ3n) is 4.12. The van der Waals surface area contributed by atoms with Crippen molar-refractivity contribution in [3.63, 3.8) is 0 Å². The van der Waals surface area contributed by atoms with Crippen LogP contribution in [0.5, 0.6) is 5.75 Å². The lowest BCUT2D eigenvalue weighted by Crippen LogP contribution is -2.23. The van der Waals surface area contributed by atoms with E-state index in [9.17, 15) is 14.4 Å². The number of hydrogen-bond acceptors (Lipinski definition) is 7. The monoisotopic (exact) mass is 460 g/mol. The molecule has 1 aliphatic rings. The zero-order valence-electron chi connectivity index (χ0n) is 16.5. The number of amidine groups is 1. The van der Waals surface area contributed by atoms with Gasteiger partial charge >= 0.3 is 11.9 Å². The average Bonchev–Trinajstić information content (AvgIpc) is 3.00. The summed E-state index contributed by atoms with van der Waals surface area (Å²) in [6.45, 7) is -0.500. The van der Waals surface area contributed by atoms with Crippen molar-refractivity contribution in [3.8, 4) is 5.75 Å². The van der Waals surface area contributed by atoms with Crippen LogP contribution in [0.4, 0.5) is 5.69 Å². The van der Waals surface area contributed by atoms with Crippen molar-refractivity contribution in [2.45, 2.75) is 0 Å². The van der Waals surface area contributed by atoms with E-state index in [4.69, 9.17) is 21.4 Å². The molecule has 1 amide bonds. The molecule has 2 aromatic rings. The van der Waals surface area contributed by atoms with Crippen LogP contribution in [0.25, 0.3) is 6.08 Å². The molecule has 3 rings (SSSR count). The third kappa shape index (κ3) is 5.44. The molecule has 1 aliphatic heterocycles. The molecule has 31 heavy (non-hydrogen) atoms. The van der Waals surface area contributed by atoms with Crippen molar-refractivity contribution in [2.24, 2.45) is 4.99 Å². The Morgan fingerprint density at radius 1 is 1.23 bits per heavy atom. The van der Waals surface area contributed by atoms with E-state index >= 15 is 0 Å². The van der Waals surface area contributed by atoms with Gasteiger partial charge in [0.2, 0.25) is 0 Å². The number of esters is 1.